The summed E-state index contributed by atoms with van der Waals surface area (Å²) < 4.78 is 2.01. The number of pyridine rings is 2. The fourth-order valence-corrected chi connectivity index (χ4v) is 4.93. The highest BCUT2D eigenvalue weighted by Crippen LogP contribution is 2.30. The standard InChI is InChI=1S/C30H26N8O/c31-19-21-5-9-23(10-6-21)30(39)37-17-15-36(16-18-37)20-22-7-11-24(12-8-22)38-28(25-3-1-13-33-27(25)32)35-26-4-2-14-34-29(26)38/h1-14H,15-18,20H2,(H2,32,33). The molecule has 3 aromatic heterocycles. The van der Waals surface area contributed by atoms with E-state index in [4.69, 9.17) is 16.0 Å². The first kappa shape index (κ1) is 24.3. The molecule has 1 saturated heterocycles. The second-order valence-electron chi connectivity index (χ2n) is 9.48. The quantitative estimate of drug-likeness (QED) is 0.378. The van der Waals surface area contributed by atoms with E-state index in [-0.39, 0.29) is 5.91 Å². The van der Waals surface area contributed by atoms with Gasteiger partial charge in [0.25, 0.3) is 5.91 Å². The van der Waals surface area contributed by atoms with E-state index in [2.05, 4.69) is 45.2 Å². The van der Waals surface area contributed by atoms with E-state index in [1.54, 1.807) is 36.7 Å². The highest BCUT2D eigenvalue weighted by molar-refractivity contribution is 5.94. The smallest absolute Gasteiger partial charge is 0.253 e. The van der Waals surface area contributed by atoms with Gasteiger partial charge in [-0.15, -0.1) is 0 Å². The van der Waals surface area contributed by atoms with Gasteiger partial charge in [-0.25, -0.2) is 15.0 Å². The van der Waals surface area contributed by atoms with Gasteiger partial charge in [0.15, 0.2) is 11.5 Å². The van der Waals surface area contributed by atoms with Gasteiger partial charge in [-0.2, -0.15) is 5.26 Å². The topological polar surface area (TPSA) is 117 Å². The molecule has 9 nitrogen and oxygen atoms in total. The molecule has 0 spiro atoms. The van der Waals surface area contributed by atoms with E-state index in [0.29, 0.717) is 35.9 Å². The van der Waals surface area contributed by atoms with Crippen molar-refractivity contribution in [2.75, 3.05) is 31.9 Å². The molecule has 0 aliphatic carbocycles. The second kappa shape index (κ2) is 10.4. The maximum Gasteiger partial charge on any atom is 0.253 e. The van der Waals surface area contributed by atoms with Crippen LogP contribution in [0.25, 0.3) is 28.2 Å². The molecule has 1 amide bonds. The Bertz CT molecular complexity index is 1680. The van der Waals surface area contributed by atoms with Crippen LogP contribution >= 0.6 is 0 Å². The Hall–Kier alpha value is -5.07. The van der Waals surface area contributed by atoms with Crippen LogP contribution in [0, 0.1) is 11.3 Å². The normalized spacial score (nSPS) is 13.9. The van der Waals surface area contributed by atoms with Crippen LogP contribution in [-0.2, 0) is 6.54 Å². The molecule has 1 fully saturated rings. The molecule has 0 atom stereocenters. The summed E-state index contributed by atoms with van der Waals surface area (Å²) in [5.41, 5.74) is 11.8. The third kappa shape index (κ3) is 4.81. The number of amides is 1. The van der Waals surface area contributed by atoms with Gasteiger partial charge in [0.05, 0.1) is 17.2 Å². The molecule has 192 valence electrons. The van der Waals surface area contributed by atoms with Crippen LogP contribution in [0.15, 0.2) is 85.2 Å². The predicted octanol–water partition coefficient (Wildman–Crippen LogP) is 3.89. The van der Waals surface area contributed by atoms with Crippen molar-refractivity contribution >= 4 is 22.9 Å². The first-order valence-electron chi connectivity index (χ1n) is 12.8. The fraction of sp³-hybridized carbons (Fsp3) is 0.167. The Morgan fingerprint density at radius 3 is 2.33 bits per heavy atom. The number of hydrogen-bond acceptors (Lipinski definition) is 7. The highest BCUT2D eigenvalue weighted by atomic mass is 16.2. The predicted molar refractivity (Wildman–Crippen MR) is 149 cm³/mol. The Labute approximate surface area is 225 Å². The largest absolute Gasteiger partial charge is 0.383 e. The van der Waals surface area contributed by atoms with Crippen molar-refractivity contribution in [2.45, 2.75) is 6.54 Å². The van der Waals surface area contributed by atoms with Crippen molar-refractivity contribution in [3.63, 3.8) is 0 Å². The molecular weight excluding hydrogens is 488 g/mol. The van der Waals surface area contributed by atoms with Gasteiger partial charge in [0.2, 0.25) is 0 Å². The zero-order chi connectivity index (χ0) is 26.8. The third-order valence-corrected chi connectivity index (χ3v) is 7.02. The number of imidazole rings is 1. The Morgan fingerprint density at radius 2 is 1.62 bits per heavy atom. The molecule has 39 heavy (non-hydrogen) atoms. The minimum Gasteiger partial charge on any atom is -0.383 e. The van der Waals surface area contributed by atoms with Crippen molar-refractivity contribution in [3.05, 3.63) is 102 Å². The molecule has 6 rings (SSSR count). The zero-order valence-corrected chi connectivity index (χ0v) is 21.2. The molecule has 1 aliphatic rings. The second-order valence-corrected chi connectivity index (χ2v) is 9.48. The number of nitrogens with two attached hydrogens (primary N) is 1. The number of nitrogen functional groups attached to an aromatic ring is 1. The number of piperazine rings is 1. The van der Waals surface area contributed by atoms with Gasteiger partial charge in [0, 0.05) is 56.4 Å². The van der Waals surface area contributed by atoms with Gasteiger partial charge < -0.3 is 10.6 Å². The molecule has 1 aliphatic heterocycles. The molecular formula is C30H26N8O. The maximum absolute atomic E-state index is 12.9. The minimum absolute atomic E-state index is 0.00900. The molecule has 0 unspecified atom stereocenters. The molecule has 0 saturated carbocycles. The number of carbonyl (C=O) groups is 1. The van der Waals surface area contributed by atoms with Gasteiger partial charge in [-0.05, 0) is 66.2 Å². The lowest BCUT2D eigenvalue weighted by molar-refractivity contribution is 0.0628. The Morgan fingerprint density at radius 1 is 0.897 bits per heavy atom. The molecule has 5 aromatic rings. The number of benzene rings is 2. The third-order valence-electron chi connectivity index (χ3n) is 7.02. The van der Waals surface area contributed by atoms with Crippen molar-refractivity contribution in [1.29, 1.82) is 5.26 Å². The number of nitriles is 1. The molecule has 4 heterocycles. The van der Waals surface area contributed by atoms with Crippen molar-refractivity contribution < 1.29 is 4.79 Å². The van der Waals surface area contributed by atoms with Gasteiger partial charge >= 0.3 is 0 Å². The SMILES string of the molecule is N#Cc1ccc(C(=O)N2CCN(Cc3ccc(-n4c(-c5cccnc5N)nc5cccnc54)cc3)CC2)cc1. The number of hydrogen-bond donors (Lipinski definition) is 1. The van der Waals surface area contributed by atoms with E-state index in [9.17, 15) is 4.79 Å². The summed E-state index contributed by atoms with van der Waals surface area (Å²) in [6, 6.07) is 24.9. The molecule has 2 aromatic carbocycles. The van der Waals surface area contributed by atoms with Crippen LogP contribution in [0.2, 0.25) is 0 Å². The number of nitrogens with zero attached hydrogens (tertiary/aromatic N) is 7. The number of aromatic nitrogens is 4. The van der Waals surface area contributed by atoms with E-state index in [1.165, 1.54) is 5.56 Å². The average molecular weight is 515 g/mol. The maximum atomic E-state index is 12.9. The molecule has 0 radical (unpaired) electrons. The van der Waals surface area contributed by atoms with Crippen molar-refractivity contribution in [2.24, 2.45) is 0 Å². The zero-order valence-electron chi connectivity index (χ0n) is 21.2. The summed E-state index contributed by atoms with van der Waals surface area (Å²) in [4.78, 5) is 30.7. The summed E-state index contributed by atoms with van der Waals surface area (Å²) in [6.45, 7) is 3.72. The van der Waals surface area contributed by atoms with E-state index >= 15 is 0 Å². The Balaban J connectivity index is 1.16. The lowest BCUT2D eigenvalue weighted by Gasteiger charge is -2.34. The lowest BCUT2D eigenvalue weighted by atomic mass is 10.1. The first-order chi connectivity index (χ1) is 19.1. The van der Waals surface area contributed by atoms with Gasteiger partial charge in [0.1, 0.15) is 11.3 Å². The van der Waals surface area contributed by atoms with E-state index in [0.717, 1.165) is 42.0 Å². The van der Waals surface area contributed by atoms with Crippen LogP contribution in [0.3, 0.4) is 0 Å². The number of rotatable bonds is 5. The van der Waals surface area contributed by atoms with Crippen LogP contribution in [0.1, 0.15) is 21.5 Å². The molecule has 2 N–H and O–H groups in total. The highest BCUT2D eigenvalue weighted by Gasteiger charge is 2.22. The van der Waals surface area contributed by atoms with Crippen LogP contribution < -0.4 is 5.73 Å². The van der Waals surface area contributed by atoms with Crippen LogP contribution in [-0.4, -0.2) is 61.4 Å². The van der Waals surface area contributed by atoms with Crippen molar-refractivity contribution in [3.8, 4) is 23.1 Å². The van der Waals surface area contributed by atoms with E-state index < -0.39 is 0 Å². The first-order valence-corrected chi connectivity index (χ1v) is 12.8. The number of anilines is 1. The number of fused-ring (bicyclic) bond motifs is 1. The molecule has 0 bridgehead atoms. The summed E-state index contributed by atoms with van der Waals surface area (Å²) in [6.07, 6.45) is 3.43. The molecule has 9 heteroatoms. The summed E-state index contributed by atoms with van der Waals surface area (Å²) in [5, 5.41) is 8.98. The Kier molecular flexibility index (Phi) is 6.45. The van der Waals surface area contributed by atoms with E-state index in [1.807, 2.05) is 33.7 Å². The average Bonchev–Trinajstić information content (AvgIpc) is 3.37. The van der Waals surface area contributed by atoms with Gasteiger partial charge in [-0.3, -0.25) is 14.3 Å². The van der Waals surface area contributed by atoms with Crippen LogP contribution in [0.5, 0.6) is 0 Å². The van der Waals surface area contributed by atoms with Crippen molar-refractivity contribution in [1.82, 2.24) is 29.3 Å². The lowest BCUT2D eigenvalue weighted by Crippen LogP contribution is -2.48. The number of carbonyl (C=O) groups excluding carboxylic acids is 1. The van der Waals surface area contributed by atoms with Crippen LogP contribution in [0.4, 0.5) is 5.82 Å². The summed E-state index contributed by atoms with van der Waals surface area (Å²) in [5.74, 6) is 1.13. The summed E-state index contributed by atoms with van der Waals surface area (Å²) in [7, 11) is 0. The summed E-state index contributed by atoms with van der Waals surface area (Å²) >= 11 is 0. The van der Waals surface area contributed by atoms with Gasteiger partial charge in [-0.1, -0.05) is 12.1 Å². The fourth-order valence-electron chi connectivity index (χ4n) is 4.93. The minimum atomic E-state index is 0.00900. The monoisotopic (exact) mass is 514 g/mol.